The van der Waals surface area contributed by atoms with Crippen LogP contribution in [0.15, 0.2) is 36.4 Å². The lowest BCUT2D eigenvalue weighted by Gasteiger charge is -2.41. The summed E-state index contributed by atoms with van der Waals surface area (Å²) >= 11 is 0. The number of hydrogen-bond donors (Lipinski definition) is 1. The molecule has 2 atom stereocenters. The minimum Gasteiger partial charge on any atom is -0.446 e. The van der Waals surface area contributed by atoms with E-state index >= 15 is 0 Å². The molecule has 1 amide bonds. The van der Waals surface area contributed by atoms with Gasteiger partial charge in [-0.25, -0.2) is 4.79 Å². The van der Waals surface area contributed by atoms with Gasteiger partial charge < -0.3 is 10.1 Å². The Labute approximate surface area is 218 Å². The number of carbonyl (C=O) groups is 1. The molecular weight excluding hydrogens is 543 g/mol. The summed E-state index contributed by atoms with van der Waals surface area (Å²) in [6.07, 6.45) is -14.4. The van der Waals surface area contributed by atoms with Crippen molar-refractivity contribution >= 4 is 11.8 Å². The van der Waals surface area contributed by atoms with Crippen molar-refractivity contribution in [3.05, 3.63) is 64.2 Å². The number of nitrogens with one attached hydrogen (secondary N) is 1. The third-order valence-electron chi connectivity index (χ3n) is 6.70. The van der Waals surface area contributed by atoms with E-state index in [0.717, 1.165) is 31.0 Å². The van der Waals surface area contributed by atoms with Crippen molar-refractivity contribution in [2.24, 2.45) is 5.92 Å². The molecule has 39 heavy (non-hydrogen) atoms. The van der Waals surface area contributed by atoms with Gasteiger partial charge in [-0.3, -0.25) is 4.90 Å². The Morgan fingerprint density at radius 1 is 0.897 bits per heavy atom. The van der Waals surface area contributed by atoms with Crippen molar-refractivity contribution in [3.8, 4) is 0 Å². The van der Waals surface area contributed by atoms with Gasteiger partial charge in [-0.1, -0.05) is 0 Å². The van der Waals surface area contributed by atoms with Crippen molar-refractivity contribution in [2.75, 3.05) is 4.90 Å². The first kappa shape index (κ1) is 29.0. The number of alkyl halides is 9. The highest BCUT2D eigenvalue weighted by molar-refractivity contribution is 5.90. The van der Waals surface area contributed by atoms with Gasteiger partial charge in [0.2, 0.25) is 0 Å². The molecule has 1 aliphatic heterocycles. The van der Waals surface area contributed by atoms with Gasteiger partial charge in [0.25, 0.3) is 0 Å². The Morgan fingerprint density at radius 2 is 1.46 bits per heavy atom. The molecule has 2 aliphatic rings. The van der Waals surface area contributed by atoms with Gasteiger partial charge in [0.05, 0.1) is 28.5 Å². The topological polar surface area (TPSA) is 41.6 Å². The standard InChI is InChI=1S/C26H25F9N2O2/c1-13(2)39-23(38)37-21-6-5-16(24(27,28)29)10-19(21)20(11-22(37)15-3-4-15)36-12-14-7-17(25(30,31)32)9-18(8-14)26(33,34)35/h5-10,13,15,20,22,36H,3-4,11-12H2,1-2H3/t20-,22-/m1/s1. The molecule has 4 nitrogen and oxygen atoms in total. The van der Waals surface area contributed by atoms with E-state index in [-0.39, 0.29) is 35.2 Å². The monoisotopic (exact) mass is 568 g/mol. The number of ether oxygens (including phenoxy) is 1. The predicted octanol–water partition coefficient (Wildman–Crippen LogP) is 8.11. The van der Waals surface area contributed by atoms with Gasteiger partial charge >= 0.3 is 24.6 Å². The van der Waals surface area contributed by atoms with E-state index in [1.807, 2.05) is 0 Å². The maximum absolute atomic E-state index is 13.6. The van der Waals surface area contributed by atoms with Gasteiger partial charge in [-0.2, -0.15) is 39.5 Å². The van der Waals surface area contributed by atoms with Crippen LogP contribution in [-0.2, 0) is 29.8 Å². The maximum Gasteiger partial charge on any atom is 0.416 e. The maximum atomic E-state index is 13.6. The second kappa shape index (κ2) is 10.2. The first-order valence-corrected chi connectivity index (χ1v) is 12.2. The number of halogens is 9. The van der Waals surface area contributed by atoms with E-state index in [9.17, 15) is 44.3 Å². The minimum atomic E-state index is -5.04. The zero-order valence-corrected chi connectivity index (χ0v) is 20.8. The summed E-state index contributed by atoms with van der Waals surface area (Å²) in [5.41, 5.74) is -4.13. The Bertz CT molecular complexity index is 1190. The van der Waals surface area contributed by atoms with Crippen LogP contribution in [0.4, 0.5) is 50.0 Å². The Morgan fingerprint density at radius 3 is 1.95 bits per heavy atom. The molecule has 0 aromatic heterocycles. The lowest BCUT2D eigenvalue weighted by atomic mass is 9.87. The van der Waals surface area contributed by atoms with Gasteiger partial charge in [-0.15, -0.1) is 0 Å². The summed E-state index contributed by atoms with van der Waals surface area (Å²) in [4.78, 5) is 14.3. The molecule has 1 N–H and O–H groups in total. The predicted molar refractivity (Wildman–Crippen MR) is 123 cm³/mol. The first-order chi connectivity index (χ1) is 17.9. The number of hydrogen-bond acceptors (Lipinski definition) is 3. The summed E-state index contributed by atoms with van der Waals surface area (Å²) in [6.45, 7) is 2.76. The van der Waals surface area contributed by atoms with Crippen LogP contribution in [0.1, 0.15) is 67.0 Å². The second-order valence-corrected chi connectivity index (χ2v) is 10.1. The summed E-state index contributed by atoms with van der Waals surface area (Å²) in [5.74, 6) is 0.0230. The van der Waals surface area contributed by atoms with E-state index in [4.69, 9.17) is 4.74 Å². The number of amides is 1. The second-order valence-electron chi connectivity index (χ2n) is 10.1. The van der Waals surface area contributed by atoms with E-state index in [1.165, 1.54) is 4.90 Å². The normalized spacial score (nSPS) is 20.3. The van der Waals surface area contributed by atoms with Crippen molar-refractivity contribution in [3.63, 3.8) is 0 Å². The lowest BCUT2D eigenvalue weighted by molar-refractivity contribution is -0.143. The zero-order valence-electron chi connectivity index (χ0n) is 20.8. The molecule has 0 unspecified atom stereocenters. The summed E-state index contributed by atoms with van der Waals surface area (Å²) in [7, 11) is 0. The van der Waals surface area contributed by atoms with E-state index in [1.54, 1.807) is 13.8 Å². The Kier molecular flexibility index (Phi) is 7.61. The van der Waals surface area contributed by atoms with Crippen molar-refractivity contribution in [2.45, 2.75) is 76.4 Å². The zero-order chi connectivity index (χ0) is 28.9. The van der Waals surface area contributed by atoms with Crippen LogP contribution < -0.4 is 10.2 Å². The number of benzene rings is 2. The van der Waals surface area contributed by atoms with Gasteiger partial charge in [0.1, 0.15) is 0 Å². The molecule has 0 bridgehead atoms. The number of anilines is 1. The van der Waals surface area contributed by atoms with Crippen LogP contribution in [0.25, 0.3) is 0 Å². The SMILES string of the molecule is CC(C)OC(=O)N1c2ccc(C(F)(F)F)cc2[C@H](NCc2cc(C(F)(F)F)cc(C(F)(F)F)c2)C[C@@H]1C1CC1. The number of carbonyl (C=O) groups excluding carboxylic acids is 1. The molecule has 1 aliphatic carbocycles. The minimum absolute atomic E-state index is 0.0103. The molecule has 214 valence electrons. The van der Waals surface area contributed by atoms with E-state index in [0.29, 0.717) is 12.1 Å². The Hall–Kier alpha value is -2.96. The first-order valence-electron chi connectivity index (χ1n) is 12.2. The van der Waals surface area contributed by atoms with E-state index < -0.39 is 66.0 Å². The molecular formula is C26H25F9N2O2. The van der Waals surface area contributed by atoms with Crippen LogP contribution in [0, 0.1) is 5.92 Å². The number of nitrogens with zero attached hydrogens (tertiary/aromatic N) is 1. The fraction of sp³-hybridized carbons (Fsp3) is 0.500. The van der Waals surface area contributed by atoms with Crippen LogP contribution in [0.2, 0.25) is 0 Å². The van der Waals surface area contributed by atoms with E-state index in [2.05, 4.69) is 5.32 Å². The molecule has 1 saturated carbocycles. The van der Waals surface area contributed by atoms with Crippen LogP contribution >= 0.6 is 0 Å². The highest BCUT2D eigenvalue weighted by atomic mass is 19.4. The van der Waals surface area contributed by atoms with Crippen LogP contribution in [0.3, 0.4) is 0 Å². The van der Waals surface area contributed by atoms with Crippen LogP contribution in [0.5, 0.6) is 0 Å². The molecule has 2 aromatic rings. The van der Waals surface area contributed by atoms with Crippen molar-refractivity contribution in [1.82, 2.24) is 5.32 Å². The summed E-state index contributed by atoms with van der Waals surface area (Å²) in [6, 6.07) is 2.60. The fourth-order valence-electron chi connectivity index (χ4n) is 4.81. The molecule has 1 heterocycles. The van der Waals surface area contributed by atoms with Gasteiger partial charge in [0, 0.05) is 18.6 Å². The molecule has 0 saturated heterocycles. The number of fused-ring (bicyclic) bond motifs is 1. The third-order valence-corrected chi connectivity index (χ3v) is 6.70. The molecule has 0 radical (unpaired) electrons. The quantitative estimate of drug-likeness (QED) is 0.371. The largest absolute Gasteiger partial charge is 0.446 e. The highest BCUT2D eigenvalue weighted by Gasteiger charge is 2.46. The highest BCUT2D eigenvalue weighted by Crippen LogP contribution is 2.48. The van der Waals surface area contributed by atoms with Crippen LogP contribution in [-0.4, -0.2) is 18.2 Å². The number of rotatable bonds is 5. The summed E-state index contributed by atoms with van der Waals surface area (Å²) < 4.78 is 126. The molecule has 1 fully saturated rings. The van der Waals surface area contributed by atoms with Gasteiger partial charge in [-0.05, 0) is 86.6 Å². The molecule has 2 aromatic carbocycles. The molecule has 13 heteroatoms. The third kappa shape index (κ3) is 6.62. The molecule has 0 spiro atoms. The van der Waals surface area contributed by atoms with Gasteiger partial charge in [0.15, 0.2) is 0 Å². The lowest BCUT2D eigenvalue weighted by Crippen LogP contribution is -2.48. The smallest absolute Gasteiger partial charge is 0.416 e. The van der Waals surface area contributed by atoms with Crippen molar-refractivity contribution in [1.29, 1.82) is 0 Å². The van der Waals surface area contributed by atoms with Crippen molar-refractivity contribution < 1.29 is 49.0 Å². The Balaban J connectivity index is 1.73. The summed E-state index contributed by atoms with van der Waals surface area (Å²) in [5, 5.41) is 2.86. The average molecular weight is 568 g/mol. The fourth-order valence-corrected chi connectivity index (χ4v) is 4.81. The molecule has 4 rings (SSSR count). The average Bonchev–Trinajstić information content (AvgIpc) is 3.64.